The van der Waals surface area contributed by atoms with Crippen molar-refractivity contribution in [2.75, 3.05) is 18.5 Å². The average Bonchev–Trinajstić information content (AvgIpc) is 3.16. The Morgan fingerprint density at radius 2 is 2.03 bits per heavy atom. The molecule has 7 heteroatoms. The van der Waals surface area contributed by atoms with Crippen molar-refractivity contribution in [3.8, 4) is 0 Å². The smallest absolute Gasteiger partial charge is 0.257 e. The van der Waals surface area contributed by atoms with Crippen LogP contribution in [0.3, 0.4) is 0 Å². The summed E-state index contributed by atoms with van der Waals surface area (Å²) in [5, 5.41) is 3.73. The molecule has 1 N–H and O–H groups in total. The summed E-state index contributed by atoms with van der Waals surface area (Å²) in [6.07, 6.45) is 11.8. The molecule has 1 saturated carbocycles. The molecular formula is C23H27N3O3S. The Bertz CT molecular complexity index is 941. The number of thiophene rings is 1. The molecule has 5 rings (SSSR count). The van der Waals surface area contributed by atoms with Gasteiger partial charge in [0.15, 0.2) is 0 Å². The van der Waals surface area contributed by atoms with Crippen molar-refractivity contribution in [2.24, 2.45) is 0 Å². The minimum atomic E-state index is -0.215. The van der Waals surface area contributed by atoms with Gasteiger partial charge in [0, 0.05) is 23.8 Å². The van der Waals surface area contributed by atoms with Gasteiger partial charge in [0.1, 0.15) is 5.00 Å². The van der Waals surface area contributed by atoms with Crippen LogP contribution >= 0.6 is 11.3 Å². The number of pyridine rings is 1. The highest BCUT2D eigenvalue weighted by Crippen LogP contribution is 2.40. The standard InChI is InChI=1S/C23H27N3O3S/c27-21(15-6-5-11-24-14-15)25-22-20(16-7-1-4-10-19(16)30-22)23(28)26-12-13-29-18-9-3-2-8-17(18)26/h5-6,11,14,17-18H,1-4,7-10,12-13H2,(H,25,27). The molecule has 30 heavy (non-hydrogen) atoms. The van der Waals surface area contributed by atoms with Crippen LogP contribution in [-0.2, 0) is 17.6 Å². The summed E-state index contributed by atoms with van der Waals surface area (Å²) in [6.45, 7) is 1.22. The zero-order valence-corrected chi connectivity index (χ0v) is 17.9. The molecule has 2 aliphatic carbocycles. The number of amides is 2. The van der Waals surface area contributed by atoms with E-state index in [1.165, 1.54) is 11.3 Å². The third-order valence-electron chi connectivity index (χ3n) is 6.53. The molecule has 3 aliphatic rings. The highest BCUT2D eigenvalue weighted by Gasteiger charge is 2.39. The third-order valence-corrected chi connectivity index (χ3v) is 7.74. The summed E-state index contributed by atoms with van der Waals surface area (Å²) < 4.78 is 5.98. The zero-order valence-electron chi connectivity index (χ0n) is 17.1. The number of aryl methyl sites for hydroxylation is 1. The number of hydrogen-bond acceptors (Lipinski definition) is 5. The molecule has 158 valence electrons. The van der Waals surface area contributed by atoms with Crippen LogP contribution in [0, 0.1) is 0 Å². The second kappa shape index (κ2) is 8.47. The van der Waals surface area contributed by atoms with Crippen molar-refractivity contribution in [1.82, 2.24) is 9.88 Å². The fourth-order valence-electron chi connectivity index (χ4n) is 5.04. The topological polar surface area (TPSA) is 71.5 Å². The average molecular weight is 426 g/mol. The van der Waals surface area contributed by atoms with Gasteiger partial charge in [0.2, 0.25) is 0 Å². The summed E-state index contributed by atoms with van der Waals surface area (Å²) in [5.41, 5.74) is 2.37. The van der Waals surface area contributed by atoms with Crippen molar-refractivity contribution in [1.29, 1.82) is 0 Å². The quantitative estimate of drug-likeness (QED) is 0.805. The monoisotopic (exact) mass is 425 g/mol. The summed E-state index contributed by atoms with van der Waals surface area (Å²) in [4.78, 5) is 34.0. The first-order valence-electron chi connectivity index (χ1n) is 11.0. The van der Waals surface area contributed by atoms with Crippen LogP contribution in [0.25, 0.3) is 0 Å². The molecule has 2 fully saturated rings. The number of carbonyl (C=O) groups is 2. The fraction of sp³-hybridized carbons (Fsp3) is 0.522. The number of fused-ring (bicyclic) bond motifs is 2. The number of rotatable bonds is 3. The van der Waals surface area contributed by atoms with E-state index in [1.54, 1.807) is 35.9 Å². The molecule has 0 bridgehead atoms. The Kier molecular flexibility index (Phi) is 5.56. The van der Waals surface area contributed by atoms with Gasteiger partial charge < -0.3 is 15.0 Å². The molecule has 1 aliphatic heterocycles. The van der Waals surface area contributed by atoms with E-state index in [0.717, 1.165) is 56.1 Å². The van der Waals surface area contributed by atoms with E-state index in [9.17, 15) is 9.59 Å². The summed E-state index contributed by atoms with van der Waals surface area (Å²) >= 11 is 1.58. The second-order valence-electron chi connectivity index (χ2n) is 8.37. The maximum Gasteiger partial charge on any atom is 0.257 e. The largest absolute Gasteiger partial charge is 0.374 e. The second-order valence-corrected chi connectivity index (χ2v) is 9.48. The van der Waals surface area contributed by atoms with Crippen LogP contribution in [0.1, 0.15) is 69.7 Å². The van der Waals surface area contributed by atoms with Gasteiger partial charge in [0.05, 0.1) is 29.9 Å². The Labute approximate surface area is 180 Å². The molecule has 0 radical (unpaired) electrons. The predicted octanol–water partition coefficient (Wildman–Crippen LogP) is 4.06. The van der Waals surface area contributed by atoms with Crippen molar-refractivity contribution >= 4 is 28.2 Å². The maximum absolute atomic E-state index is 13.8. The molecule has 2 aromatic heterocycles. The lowest BCUT2D eigenvalue weighted by Crippen LogP contribution is -2.55. The number of aromatic nitrogens is 1. The van der Waals surface area contributed by atoms with Crippen molar-refractivity contribution in [2.45, 2.75) is 63.5 Å². The van der Waals surface area contributed by atoms with Crippen LogP contribution in [0.4, 0.5) is 5.00 Å². The van der Waals surface area contributed by atoms with Gasteiger partial charge in [-0.1, -0.05) is 12.8 Å². The molecule has 2 amide bonds. The van der Waals surface area contributed by atoms with Gasteiger partial charge in [0.25, 0.3) is 11.8 Å². The number of hydrogen-bond donors (Lipinski definition) is 1. The molecule has 6 nitrogen and oxygen atoms in total. The van der Waals surface area contributed by atoms with E-state index in [2.05, 4.69) is 10.3 Å². The molecule has 0 aromatic carbocycles. The van der Waals surface area contributed by atoms with Crippen LogP contribution in [0.15, 0.2) is 24.5 Å². The molecule has 3 heterocycles. The van der Waals surface area contributed by atoms with E-state index in [0.29, 0.717) is 23.7 Å². The first kappa shape index (κ1) is 19.7. The predicted molar refractivity (Wildman–Crippen MR) is 116 cm³/mol. The van der Waals surface area contributed by atoms with E-state index in [-0.39, 0.29) is 24.0 Å². The van der Waals surface area contributed by atoms with Crippen molar-refractivity contribution in [3.63, 3.8) is 0 Å². The number of anilines is 1. The van der Waals surface area contributed by atoms with E-state index in [1.807, 2.05) is 4.90 Å². The summed E-state index contributed by atoms with van der Waals surface area (Å²) in [6, 6.07) is 3.64. The number of carbonyl (C=O) groups excluding carboxylic acids is 2. The zero-order chi connectivity index (χ0) is 20.5. The van der Waals surface area contributed by atoms with Gasteiger partial charge in [-0.05, 0) is 56.2 Å². The van der Waals surface area contributed by atoms with Crippen LogP contribution in [0.2, 0.25) is 0 Å². The highest BCUT2D eigenvalue weighted by molar-refractivity contribution is 7.17. The summed E-state index contributed by atoms with van der Waals surface area (Å²) in [7, 11) is 0. The molecule has 2 unspecified atom stereocenters. The summed E-state index contributed by atoms with van der Waals surface area (Å²) in [5.74, 6) is -0.149. The number of ether oxygens (including phenoxy) is 1. The van der Waals surface area contributed by atoms with Crippen molar-refractivity contribution in [3.05, 3.63) is 46.1 Å². The van der Waals surface area contributed by atoms with E-state index >= 15 is 0 Å². The molecule has 2 atom stereocenters. The van der Waals surface area contributed by atoms with Crippen LogP contribution in [0.5, 0.6) is 0 Å². The Morgan fingerprint density at radius 3 is 2.90 bits per heavy atom. The van der Waals surface area contributed by atoms with Crippen molar-refractivity contribution < 1.29 is 14.3 Å². The minimum absolute atomic E-state index is 0.0658. The maximum atomic E-state index is 13.8. The molecule has 2 aromatic rings. The Hall–Kier alpha value is -2.25. The normalized spacial score (nSPS) is 23.4. The first-order valence-corrected chi connectivity index (χ1v) is 11.8. The molecule has 1 saturated heterocycles. The Morgan fingerprint density at radius 1 is 1.17 bits per heavy atom. The molecule has 0 spiro atoms. The van der Waals surface area contributed by atoms with Gasteiger partial charge in [-0.2, -0.15) is 0 Å². The van der Waals surface area contributed by atoms with Gasteiger partial charge >= 0.3 is 0 Å². The lowest BCUT2D eigenvalue weighted by Gasteiger charge is -2.44. The third kappa shape index (κ3) is 3.65. The van der Waals surface area contributed by atoms with Crippen LogP contribution in [-0.4, -0.2) is 47.0 Å². The van der Waals surface area contributed by atoms with Gasteiger partial charge in [-0.25, -0.2) is 0 Å². The molecular weight excluding hydrogens is 398 g/mol. The minimum Gasteiger partial charge on any atom is -0.374 e. The highest BCUT2D eigenvalue weighted by atomic mass is 32.1. The van der Waals surface area contributed by atoms with E-state index < -0.39 is 0 Å². The van der Waals surface area contributed by atoms with E-state index in [4.69, 9.17) is 4.74 Å². The first-order chi connectivity index (χ1) is 14.7. The SMILES string of the molecule is O=C(Nc1sc2c(c1C(=O)N1CCOC3CCCCC31)CCCC2)c1cccnc1. The van der Waals surface area contributed by atoms with Gasteiger partial charge in [-0.3, -0.25) is 14.6 Å². The van der Waals surface area contributed by atoms with Gasteiger partial charge in [-0.15, -0.1) is 11.3 Å². The Balaban J connectivity index is 1.48. The lowest BCUT2D eigenvalue weighted by atomic mass is 9.89. The van der Waals surface area contributed by atoms with Crippen LogP contribution < -0.4 is 5.32 Å². The number of nitrogens with zero attached hydrogens (tertiary/aromatic N) is 2. The lowest BCUT2D eigenvalue weighted by molar-refractivity contribution is -0.0752. The number of nitrogens with one attached hydrogen (secondary N) is 1. The number of morpholine rings is 1. The fourth-order valence-corrected chi connectivity index (χ4v) is 6.32.